The Morgan fingerprint density at radius 2 is 2.33 bits per heavy atom. The van der Waals surface area contributed by atoms with Gasteiger partial charge in [0.15, 0.2) is 5.75 Å². The molecule has 0 atom stereocenters. The van der Waals surface area contributed by atoms with Crippen molar-refractivity contribution in [2.24, 2.45) is 0 Å². The Morgan fingerprint density at radius 1 is 1.52 bits per heavy atom. The van der Waals surface area contributed by atoms with Gasteiger partial charge in [0, 0.05) is 25.7 Å². The number of nitro groups is 1. The first-order chi connectivity index (χ1) is 10.1. The molecule has 0 saturated carbocycles. The number of amides is 2. The maximum atomic E-state index is 11.4. The number of nitrogens with zero attached hydrogens (tertiary/aromatic N) is 2. The number of benzene rings is 1. The van der Waals surface area contributed by atoms with E-state index in [9.17, 15) is 14.9 Å². The molecule has 2 N–H and O–H groups in total. The maximum absolute atomic E-state index is 11.4. The zero-order chi connectivity index (χ0) is 15.2. The molecule has 1 aliphatic rings. The lowest BCUT2D eigenvalue weighted by atomic mass is 10.2. The van der Waals surface area contributed by atoms with Crippen molar-refractivity contribution in [2.75, 3.05) is 33.3 Å². The van der Waals surface area contributed by atoms with Crippen LogP contribution in [-0.4, -0.2) is 49.1 Å². The van der Waals surface area contributed by atoms with Crippen molar-refractivity contribution in [1.82, 2.24) is 15.5 Å². The zero-order valence-corrected chi connectivity index (χ0v) is 11.8. The summed E-state index contributed by atoms with van der Waals surface area (Å²) in [5, 5.41) is 16.7. The molecule has 21 heavy (non-hydrogen) atoms. The van der Waals surface area contributed by atoms with Crippen LogP contribution in [0.2, 0.25) is 0 Å². The predicted octanol–water partition coefficient (Wildman–Crippen LogP) is 0.718. The van der Waals surface area contributed by atoms with E-state index in [2.05, 4.69) is 10.6 Å². The van der Waals surface area contributed by atoms with Crippen molar-refractivity contribution < 1.29 is 14.5 Å². The molecule has 0 radical (unpaired) electrons. The monoisotopic (exact) mass is 294 g/mol. The van der Waals surface area contributed by atoms with Gasteiger partial charge in [-0.2, -0.15) is 0 Å². The molecule has 0 unspecified atom stereocenters. The van der Waals surface area contributed by atoms with Crippen molar-refractivity contribution in [3.05, 3.63) is 33.9 Å². The van der Waals surface area contributed by atoms with Gasteiger partial charge in [-0.1, -0.05) is 6.07 Å². The van der Waals surface area contributed by atoms with Crippen LogP contribution in [0.25, 0.3) is 0 Å². The summed E-state index contributed by atoms with van der Waals surface area (Å²) in [7, 11) is 1.78. The van der Waals surface area contributed by atoms with E-state index in [-0.39, 0.29) is 24.1 Å². The van der Waals surface area contributed by atoms with Crippen molar-refractivity contribution in [3.8, 4) is 5.75 Å². The molecule has 1 heterocycles. The molecule has 1 aromatic carbocycles. The Kier molecular flexibility index (Phi) is 4.94. The molecule has 0 bridgehead atoms. The van der Waals surface area contributed by atoms with Gasteiger partial charge >= 0.3 is 11.7 Å². The Hall–Kier alpha value is -2.35. The predicted molar refractivity (Wildman–Crippen MR) is 76.3 cm³/mol. The van der Waals surface area contributed by atoms with E-state index in [0.717, 1.165) is 5.56 Å². The second-order valence-electron chi connectivity index (χ2n) is 4.66. The first kappa shape index (κ1) is 15.0. The highest BCUT2D eigenvalue weighted by molar-refractivity contribution is 5.76. The van der Waals surface area contributed by atoms with E-state index >= 15 is 0 Å². The average molecular weight is 294 g/mol. The average Bonchev–Trinajstić information content (AvgIpc) is 2.86. The third-order valence-corrected chi connectivity index (χ3v) is 3.16. The van der Waals surface area contributed by atoms with E-state index in [4.69, 9.17) is 4.74 Å². The van der Waals surface area contributed by atoms with Crippen molar-refractivity contribution >= 4 is 11.7 Å². The molecule has 114 valence electrons. The Balaban J connectivity index is 1.98. The van der Waals surface area contributed by atoms with Crippen LogP contribution in [0.4, 0.5) is 10.5 Å². The molecule has 2 amide bonds. The fraction of sp³-hybridized carbons (Fsp3) is 0.462. The van der Waals surface area contributed by atoms with Crippen molar-refractivity contribution in [1.29, 1.82) is 0 Å². The molecule has 0 aliphatic carbocycles. The summed E-state index contributed by atoms with van der Waals surface area (Å²) in [6, 6.07) is 4.74. The molecule has 0 aromatic heterocycles. The number of hydrogen-bond donors (Lipinski definition) is 2. The van der Waals surface area contributed by atoms with Crippen LogP contribution in [-0.2, 0) is 6.54 Å². The standard InChI is InChI=1S/C13H18N4O4/c1-14-9-10-2-3-12(11(8-10)17(19)20)21-7-6-16-5-4-15-13(16)18/h2-3,8,14H,4-7,9H2,1H3,(H,15,18). The van der Waals surface area contributed by atoms with Crippen LogP contribution in [0.15, 0.2) is 18.2 Å². The highest BCUT2D eigenvalue weighted by Gasteiger charge is 2.20. The van der Waals surface area contributed by atoms with Gasteiger partial charge in [-0.15, -0.1) is 0 Å². The number of nitrogens with one attached hydrogen (secondary N) is 2. The second-order valence-corrected chi connectivity index (χ2v) is 4.66. The maximum Gasteiger partial charge on any atom is 0.317 e. The van der Waals surface area contributed by atoms with E-state index in [1.54, 1.807) is 24.1 Å². The fourth-order valence-electron chi connectivity index (χ4n) is 2.13. The van der Waals surface area contributed by atoms with Gasteiger partial charge in [0.1, 0.15) is 6.61 Å². The number of carbonyl (C=O) groups excluding carboxylic acids is 1. The van der Waals surface area contributed by atoms with Crippen LogP contribution in [0.1, 0.15) is 5.56 Å². The van der Waals surface area contributed by atoms with Crippen LogP contribution in [0.3, 0.4) is 0 Å². The molecule has 8 heteroatoms. The normalized spacial score (nSPS) is 14.1. The Morgan fingerprint density at radius 3 is 2.95 bits per heavy atom. The minimum atomic E-state index is -0.461. The van der Waals surface area contributed by atoms with Crippen molar-refractivity contribution in [3.63, 3.8) is 0 Å². The Bertz CT molecular complexity index is 535. The fourth-order valence-corrected chi connectivity index (χ4v) is 2.13. The topological polar surface area (TPSA) is 96.7 Å². The number of ether oxygens (including phenoxy) is 1. The van der Waals surface area contributed by atoms with Crippen molar-refractivity contribution in [2.45, 2.75) is 6.54 Å². The van der Waals surface area contributed by atoms with E-state index < -0.39 is 4.92 Å². The van der Waals surface area contributed by atoms with Gasteiger partial charge in [-0.3, -0.25) is 10.1 Å². The molecule has 1 aromatic rings. The summed E-state index contributed by atoms with van der Waals surface area (Å²) in [4.78, 5) is 23.6. The number of rotatable bonds is 7. The molecule has 8 nitrogen and oxygen atoms in total. The van der Waals surface area contributed by atoms with Gasteiger partial charge in [0.05, 0.1) is 11.5 Å². The molecule has 1 saturated heterocycles. The van der Waals surface area contributed by atoms with Crippen LogP contribution in [0.5, 0.6) is 5.75 Å². The SMILES string of the molecule is CNCc1ccc(OCCN2CCNC2=O)c([N+](=O)[O-])c1. The quantitative estimate of drug-likeness (QED) is 0.570. The van der Waals surface area contributed by atoms with Gasteiger partial charge in [-0.05, 0) is 18.7 Å². The van der Waals surface area contributed by atoms with Gasteiger partial charge in [-0.25, -0.2) is 4.79 Å². The lowest BCUT2D eigenvalue weighted by Crippen LogP contribution is -2.31. The number of urea groups is 1. The summed E-state index contributed by atoms with van der Waals surface area (Å²) in [6.45, 7) is 2.43. The van der Waals surface area contributed by atoms with Crippen LogP contribution >= 0.6 is 0 Å². The first-order valence-corrected chi connectivity index (χ1v) is 6.69. The minimum absolute atomic E-state index is 0.0615. The minimum Gasteiger partial charge on any atom is -0.485 e. The molecule has 2 rings (SSSR count). The van der Waals surface area contributed by atoms with Gasteiger partial charge in [0.25, 0.3) is 0 Å². The third-order valence-electron chi connectivity index (χ3n) is 3.16. The molecule has 0 spiro atoms. The highest BCUT2D eigenvalue weighted by atomic mass is 16.6. The summed E-state index contributed by atoms with van der Waals surface area (Å²) in [6.07, 6.45) is 0. The smallest absolute Gasteiger partial charge is 0.317 e. The lowest BCUT2D eigenvalue weighted by Gasteiger charge is -2.14. The molecule has 1 aliphatic heterocycles. The summed E-state index contributed by atoms with van der Waals surface area (Å²) in [5.74, 6) is 0.222. The Labute approximate surface area is 122 Å². The number of carbonyl (C=O) groups is 1. The number of hydrogen-bond acceptors (Lipinski definition) is 5. The molecule has 1 fully saturated rings. The largest absolute Gasteiger partial charge is 0.485 e. The zero-order valence-electron chi connectivity index (χ0n) is 11.8. The third kappa shape index (κ3) is 3.82. The first-order valence-electron chi connectivity index (χ1n) is 6.69. The number of nitro benzene ring substituents is 1. The summed E-state index contributed by atoms with van der Waals surface area (Å²) in [5.41, 5.74) is 0.754. The molecular weight excluding hydrogens is 276 g/mol. The molecular formula is C13H18N4O4. The van der Waals surface area contributed by atoms with Crippen LogP contribution in [0, 0.1) is 10.1 Å². The van der Waals surface area contributed by atoms with E-state index in [0.29, 0.717) is 26.2 Å². The lowest BCUT2D eigenvalue weighted by molar-refractivity contribution is -0.385. The van der Waals surface area contributed by atoms with E-state index in [1.165, 1.54) is 6.07 Å². The van der Waals surface area contributed by atoms with E-state index in [1.807, 2.05) is 0 Å². The summed E-state index contributed by atoms with van der Waals surface area (Å²) >= 11 is 0. The highest BCUT2D eigenvalue weighted by Crippen LogP contribution is 2.28. The van der Waals surface area contributed by atoms with Crippen LogP contribution < -0.4 is 15.4 Å². The van der Waals surface area contributed by atoms with Gasteiger partial charge < -0.3 is 20.3 Å². The summed E-state index contributed by atoms with van der Waals surface area (Å²) < 4.78 is 5.46. The second kappa shape index (κ2) is 6.89. The van der Waals surface area contributed by atoms with Gasteiger partial charge in [0.2, 0.25) is 0 Å².